The average molecular weight is 262 g/mol. The van der Waals surface area contributed by atoms with Crippen molar-refractivity contribution < 1.29 is 18.3 Å². The molecule has 0 bridgehead atoms. The third kappa shape index (κ3) is 4.91. The number of esters is 1. The van der Waals surface area contributed by atoms with E-state index in [9.17, 15) is 13.6 Å². The van der Waals surface area contributed by atoms with Crippen LogP contribution in [0.4, 0.5) is 8.78 Å². The summed E-state index contributed by atoms with van der Waals surface area (Å²) in [5, 5.41) is 0. The summed E-state index contributed by atoms with van der Waals surface area (Å²) in [6.07, 6.45) is 1.58. The van der Waals surface area contributed by atoms with Crippen LogP contribution in [0.5, 0.6) is 0 Å². The van der Waals surface area contributed by atoms with Gasteiger partial charge in [-0.3, -0.25) is 4.79 Å². The largest absolute Gasteiger partial charge is 0.460 e. The Bertz CT molecular complexity index is 295. The third-order valence-corrected chi connectivity index (χ3v) is 3.36. The maximum absolute atomic E-state index is 13.1. The first-order chi connectivity index (χ1) is 8.13. The summed E-state index contributed by atoms with van der Waals surface area (Å²) in [6.45, 7) is 7.37. The molecule has 1 saturated carbocycles. The fraction of sp³-hybridized carbons (Fsp3) is 0.929. The van der Waals surface area contributed by atoms with Gasteiger partial charge in [-0.05, 0) is 46.0 Å². The van der Waals surface area contributed by atoms with Crippen molar-refractivity contribution in [1.29, 1.82) is 0 Å². The van der Waals surface area contributed by atoms with Gasteiger partial charge in [0.2, 0.25) is 5.92 Å². The van der Waals surface area contributed by atoms with Crippen molar-refractivity contribution in [3.63, 3.8) is 0 Å². The topological polar surface area (TPSA) is 26.3 Å². The van der Waals surface area contributed by atoms with Crippen molar-refractivity contribution in [2.24, 2.45) is 11.8 Å². The van der Waals surface area contributed by atoms with E-state index in [4.69, 9.17) is 4.74 Å². The molecule has 4 heteroatoms. The van der Waals surface area contributed by atoms with Crippen LogP contribution < -0.4 is 0 Å². The summed E-state index contributed by atoms with van der Waals surface area (Å²) >= 11 is 0. The van der Waals surface area contributed by atoms with Crippen LogP contribution in [0.15, 0.2) is 0 Å². The van der Waals surface area contributed by atoms with E-state index in [1.54, 1.807) is 0 Å². The van der Waals surface area contributed by atoms with Gasteiger partial charge in [-0.15, -0.1) is 0 Å². The zero-order chi connectivity index (χ0) is 14.0. The molecule has 1 aliphatic rings. The highest BCUT2D eigenvalue weighted by Crippen LogP contribution is 2.42. The third-order valence-electron chi connectivity index (χ3n) is 3.36. The Morgan fingerprint density at radius 1 is 1.44 bits per heavy atom. The number of halogens is 2. The molecule has 106 valence electrons. The van der Waals surface area contributed by atoms with Gasteiger partial charge in [-0.2, -0.15) is 0 Å². The quantitative estimate of drug-likeness (QED) is 0.710. The van der Waals surface area contributed by atoms with Gasteiger partial charge in [0, 0.05) is 12.8 Å². The first-order valence-corrected chi connectivity index (χ1v) is 6.73. The summed E-state index contributed by atoms with van der Waals surface area (Å²) in [6, 6.07) is 0. The zero-order valence-electron chi connectivity index (χ0n) is 11.8. The highest BCUT2D eigenvalue weighted by Gasteiger charge is 2.40. The highest BCUT2D eigenvalue weighted by atomic mass is 19.3. The minimum absolute atomic E-state index is 0.0393. The van der Waals surface area contributed by atoms with Gasteiger partial charge in [-0.25, -0.2) is 8.78 Å². The van der Waals surface area contributed by atoms with Crippen molar-refractivity contribution in [3.8, 4) is 0 Å². The second-order valence-electron chi connectivity index (χ2n) is 6.34. The van der Waals surface area contributed by atoms with Gasteiger partial charge in [0.05, 0.1) is 5.92 Å². The van der Waals surface area contributed by atoms with Crippen LogP contribution in [0.25, 0.3) is 0 Å². The summed E-state index contributed by atoms with van der Waals surface area (Å²) in [5.41, 5.74) is -0.510. The van der Waals surface area contributed by atoms with Crippen LogP contribution in [0.3, 0.4) is 0 Å². The SMILES string of the molecule is CC[C@@H](C[C@@H]1CCC(F)(F)C1)C(=O)OC(C)(C)C. The van der Waals surface area contributed by atoms with E-state index >= 15 is 0 Å². The lowest BCUT2D eigenvalue weighted by molar-refractivity contribution is -0.160. The Morgan fingerprint density at radius 2 is 2.06 bits per heavy atom. The lowest BCUT2D eigenvalue weighted by Crippen LogP contribution is -2.29. The zero-order valence-corrected chi connectivity index (χ0v) is 11.8. The van der Waals surface area contributed by atoms with E-state index in [2.05, 4.69) is 0 Å². The lowest BCUT2D eigenvalue weighted by atomic mass is 9.91. The van der Waals surface area contributed by atoms with Gasteiger partial charge < -0.3 is 4.74 Å². The van der Waals surface area contributed by atoms with Crippen molar-refractivity contribution in [3.05, 3.63) is 0 Å². The molecule has 1 rings (SSSR count). The molecule has 0 N–H and O–H groups in total. The number of ether oxygens (including phenoxy) is 1. The van der Waals surface area contributed by atoms with Crippen LogP contribution in [0.1, 0.15) is 59.8 Å². The number of alkyl halides is 2. The molecule has 0 radical (unpaired) electrons. The molecule has 2 nitrogen and oxygen atoms in total. The minimum Gasteiger partial charge on any atom is -0.460 e. The molecule has 0 aromatic heterocycles. The predicted octanol–water partition coefficient (Wildman–Crippen LogP) is 4.18. The summed E-state index contributed by atoms with van der Waals surface area (Å²) in [7, 11) is 0. The Labute approximate surface area is 108 Å². The number of hydrogen-bond acceptors (Lipinski definition) is 2. The number of carbonyl (C=O) groups is 1. The molecule has 0 spiro atoms. The van der Waals surface area contributed by atoms with E-state index in [1.807, 2.05) is 27.7 Å². The molecule has 0 aromatic carbocycles. The molecule has 0 aliphatic heterocycles. The Kier molecular flexibility index (Phi) is 4.73. The predicted molar refractivity (Wildman–Crippen MR) is 66.5 cm³/mol. The molecular formula is C14H24F2O2. The van der Waals surface area contributed by atoms with Crippen LogP contribution in [-0.2, 0) is 9.53 Å². The van der Waals surface area contributed by atoms with E-state index < -0.39 is 11.5 Å². The number of hydrogen-bond donors (Lipinski definition) is 0. The van der Waals surface area contributed by atoms with E-state index in [0.717, 1.165) is 0 Å². The van der Waals surface area contributed by atoms with Gasteiger partial charge in [0.15, 0.2) is 0 Å². The standard InChI is InChI=1S/C14H24F2O2/c1-5-11(12(17)18-13(2,3)4)8-10-6-7-14(15,16)9-10/h10-11H,5-9H2,1-4H3/t10-,11-/m0/s1. The highest BCUT2D eigenvalue weighted by molar-refractivity contribution is 5.72. The normalized spacial score (nSPS) is 24.9. The average Bonchev–Trinajstić information content (AvgIpc) is 2.51. The Balaban J connectivity index is 2.50. The van der Waals surface area contributed by atoms with Gasteiger partial charge >= 0.3 is 5.97 Å². The van der Waals surface area contributed by atoms with Crippen molar-refractivity contribution in [2.75, 3.05) is 0 Å². The smallest absolute Gasteiger partial charge is 0.309 e. The first-order valence-electron chi connectivity index (χ1n) is 6.73. The van der Waals surface area contributed by atoms with E-state index in [-0.39, 0.29) is 30.6 Å². The van der Waals surface area contributed by atoms with E-state index in [0.29, 0.717) is 19.3 Å². The number of carbonyl (C=O) groups excluding carboxylic acids is 1. The fourth-order valence-corrected chi connectivity index (χ4v) is 2.46. The van der Waals surface area contributed by atoms with Crippen LogP contribution in [-0.4, -0.2) is 17.5 Å². The summed E-state index contributed by atoms with van der Waals surface area (Å²) in [5.74, 6) is -3.07. The second-order valence-corrected chi connectivity index (χ2v) is 6.34. The van der Waals surface area contributed by atoms with Gasteiger partial charge in [-0.1, -0.05) is 6.92 Å². The van der Waals surface area contributed by atoms with Gasteiger partial charge in [0.25, 0.3) is 0 Å². The van der Waals surface area contributed by atoms with Crippen molar-refractivity contribution >= 4 is 5.97 Å². The first kappa shape index (κ1) is 15.4. The summed E-state index contributed by atoms with van der Waals surface area (Å²) < 4.78 is 31.5. The van der Waals surface area contributed by atoms with Crippen molar-refractivity contribution in [2.45, 2.75) is 71.3 Å². The number of rotatable bonds is 4. The molecule has 18 heavy (non-hydrogen) atoms. The maximum atomic E-state index is 13.1. The molecule has 2 atom stereocenters. The van der Waals surface area contributed by atoms with Crippen LogP contribution in [0.2, 0.25) is 0 Å². The maximum Gasteiger partial charge on any atom is 0.309 e. The molecule has 1 fully saturated rings. The van der Waals surface area contributed by atoms with Gasteiger partial charge in [0.1, 0.15) is 5.60 Å². The fourth-order valence-electron chi connectivity index (χ4n) is 2.46. The Morgan fingerprint density at radius 3 is 2.44 bits per heavy atom. The van der Waals surface area contributed by atoms with Crippen LogP contribution >= 0.6 is 0 Å². The van der Waals surface area contributed by atoms with E-state index in [1.165, 1.54) is 0 Å². The molecule has 0 saturated heterocycles. The molecule has 0 aromatic rings. The second kappa shape index (κ2) is 5.54. The monoisotopic (exact) mass is 262 g/mol. The molecular weight excluding hydrogens is 238 g/mol. The summed E-state index contributed by atoms with van der Waals surface area (Å²) in [4.78, 5) is 11.9. The van der Waals surface area contributed by atoms with Crippen LogP contribution in [0, 0.1) is 11.8 Å². The lowest BCUT2D eigenvalue weighted by Gasteiger charge is -2.24. The Hall–Kier alpha value is -0.670. The van der Waals surface area contributed by atoms with Crippen molar-refractivity contribution in [1.82, 2.24) is 0 Å². The molecule has 0 heterocycles. The molecule has 0 amide bonds. The molecule has 1 aliphatic carbocycles. The minimum atomic E-state index is -2.53. The molecule has 0 unspecified atom stereocenters.